The smallest absolute Gasteiger partial charge is 0.418 e. The number of aromatic nitrogens is 7. The molecule has 3 aromatic heterocycles. The highest BCUT2D eigenvalue weighted by atomic mass is 35.5. The Hall–Kier alpha value is -3.87. The van der Waals surface area contributed by atoms with Crippen LogP contribution in [0, 0.1) is 0 Å². The van der Waals surface area contributed by atoms with Gasteiger partial charge in [-0.25, -0.2) is 29.7 Å². The zero-order valence-corrected chi connectivity index (χ0v) is 16.8. The minimum Gasteiger partial charge on any atom is -0.477 e. The molecule has 3 heterocycles. The zero-order chi connectivity index (χ0) is 23.0. The van der Waals surface area contributed by atoms with Gasteiger partial charge in [-0.05, 0) is 19.1 Å². The number of carboxylic acids is 1. The third kappa shape index (κ3) is 4.01. The van der Waals surface area contributed by atoms with E-state index in [9.17, 15) is 18.0 Å². The van der Waals surface area contributed by atoms with E-state index in [2.05, 4.69) is 35.3 Å². The highest BCUT2D eigenvalue weighted by molar-refractivity contribution is 6.31. The highest BCUT2D eigenvalue weighted by Crippen LogP contribution is 2.38. The standard InChI is InChI=1S/C18H12ClF3N8O2/c1-8(16-27-7-28-30(16)13-4-12(17(31)32)23-5-24-13)29-15-10-2-9(19)3-11(18(20,21)22)14(10)25-6-26-15/h2-8H,1H3,(H,31,32)(H,25,26,29)/t8-/m0/s1. The van der Waals surface area contributed by atoms with E-state index in [1.807, 2.05) is 0 Å². The van der Waals surface area contributed by atoms with Crippen molar-refractivity contribution in [3.05, 3.63) is 59.3 Å². The molecule has 0 aliphatic carbocycles. The first-order valence-corrected chi connectivity index (χ1v) is 9.26. The first kappa shape index (κ1) is 21.4. The molecule has 0 unspecified atom stereocenters. The molecule has 0 aliphatic rings. The van der Waals surface area contributed by atoms with Crippen molar-refractivity contribution in [1.29, 1.82) is 0 Å². The summed E-state index contributed by atoms with van der Waals surface area (Å²) in [6, 6.07) is 2.71. The van der Waals surface area contributed by atoms with Gasteiger partial charge in [-0.2, -0.15) is 23.0 Å². The Balaban J connectivity index is 1.73. The summed E-state index contributed by atoms with van der Waals surface area (Å²) in [5.74, 6) is -0.705. The average Bonchev–Trinajstić information content (AvgIpc) is 3.23. The van der Waals surface area contributed by atoms with Gasteiger partial charge in [-0.1, -0.05) is 11.6 Å². The molecule has 0 bridgehead atoms. The van der Waals surface area contributed by atoms with Crippen LogP contribution in [0.2, 0.25) is 5.02 Å². The molecule has 14 heteroatoms. The van der Waals surface area contributed by atoms with E-state index in [-0.39, 0.29) is 33.3 Å². The molecule has 2 N–H and O–H groups in total. The molecule has 0 aliphatic heterocycles. The number of carboxylic acid groups (broad SMARTS) is 1. The fourth-order valence-corrected chi connectivity index (χ4v) is 3.25. The molecule has 32 heavy (non-hydrogen) atoms. The molecular formula is C18H12ClF3N8O2. The van der Waals surface area contributed by atoms with Gasteiger partial charge in [0.05, 0.1) is 17.1 Å². The SMILES string of the molecule is C[C@H](Nc1ncnc2c(C(F)(F)F)cc(Cl)cc12)c1ncnn1-c1cc(C(=O)O)ncn1. The number of nitrogens with zero attached hydrogens (tertiary/aromatic N) is 7. The Morgan fingerprint density at radius 2 is 1.84 bits per heavy atom. The maximum absolute atomic E-state index is 13.4. The van der Waals surface area contributed by atoms with Crippen molar-refractivity contribution in [1.82, 2.24) is 34.7 Å². The van der Waals surface area contributed by atoms with Crippen molar-refractivity contribution in [2.24, 2.45) is 0 Å². The summed E-state index contributed by atoms with van der Waals surface area (Å²) in [5.41, 5.74) is -1.54. The van der Waals surface area contributed by atoms with Gasteiger partial charge in [0.25, 0.3) is 0 Å². The van der Waals surface area contributed by atoms with Gasteiger partial charge in [0.1, 0.15) is 24.8 Å². The number of aromatic carboxylic acids is 1. The van der Waals surface area contributed by atoms with Gasteiger partial charge in [0.2, 0.25) is 0 Å². The van der Waals surface area contributed by atoms with Crippen LogP contribution in [0.25, 0.3) is 16.7 Å². The first-order valence-electron chi connectivity index (χ1n) is 8.88. The largest absolute Gasteiger partial charge is 0.477 e. The van der Waals surface area contributed by atoms with Gasteiger partial charge in [0.15, 0.2) is 17.3 Å². The van der Waals surface area contributed by atoms with Crippen molar-refractivity contribution < 1.29 is 23.1 Å². The number of alkyl halides is 3. The van der Waals surface area contributed by atoms with Crippen LogP contribution in [0.15, 0.2) is 37.2 Å². The topological polar surface area (TPSA) is 132 Å². The molecule has 0 fully saturated rings. The van der Waals surface area contributed by atoms with Gasteiger partial charge >= 0.3 is 12.1 Å². The third-order valence-electron chi connectivity index (χ3n) is 4.41. The molecular weight excluding hydrogens is 453 g/mol. The molecule has 0 amide bonds. The van der Waals surface area contributed by atoms with Crippen LogP contribution in [-0.4, -0.2) is 45.8 Å². The molecule has 4 rings (SSSR count). The summed E-state index contributed by atoms with van der Waals surface area (Å²) >= 11 is 5.91. The lowest BCUT2D eigenvalue weighted by Gasteiger charge is -2.17. The first-order chi connectivity index (χ1) is 15.1. The lowest BCUT2D eigenvalue weighted by molar-refractivity contribution is -0.136. The summed E-state index contributed by atoms with van der Waals surface area (Å²) < 4.78 is 41.6. The normalized spacial score (nSPS) is 12.7. The second-order valence-electron chi connectivity index (χ2n) is 6.53. The molecule has 0 saturated carbocycles. The third-order valence-corrected chi connectivity index (χ3v) is 4.63. The summed E-state index contributed by atoms with van der Waals surface area (Å²) in [7, 11) is 0. The van der Waals surface area contributed by atoms with Gasteiger partial charge < -0.3 is 10.4 Å². The van der Waals surface area contributed by atoms with E-state index in [0.717, 1.165) is 18.7 Å². The lowest BCUT2D eigenvalue weighted by Crippen LogP contribution is -2.16. The molecule has 1 atom stereocenters. The Morgan fingerprint density at radius 1 is 1.09 bits per heavy atom. The number of rotatable bonds is 5. The molecule has 164 valence electrons. The summed E-state index contributed by atoms with van der Waals surface area (Å²) in [4.78, 5) is 30.8. The Kier molecular flexibility index (Phi) is 5.34. The van der Waals surface area contributed by atoms with Crippen molar-refractivity contribution in [3.8, 4) is 5.82 Å². The molecule has 0 spiro atoms. The molecule has 0 radical (unpaired) electrons. The fourth-order valence-electron chi connectivity index (χ4n) is 3.04. The summed E-state index contributed by atoms with van der Waals surface area (Å²) in [5, 5.41) is 16.1. The Labute approximate surface area is 182 Å². The van der Waals surface area contributed by atoms with Crippen molar-refractivity contribution >= 4 is 34.3 Å². The van der Waals surface area contributed by atoms with E-state index in [1.165, 1.54) is 23.1 Å². The molecule has 1 aromatic carbocycles. The number of anilines is 1. The Bertz CT molecular complexity index is 1330. The number of fused-ring (bicyclic) bond motifs is 1. The second kappa shape index (κ2) is 8.00. The van der Waals surface area contributed by atoms with E-state index in [4.69, 9.17) is 16.7 Å². The van der Waals surface area contributed by atoms with Gasteiger partial charge in [-0.15, -0.1) is 0 Å². The predicted octanol–water partition coefficient (Wildman–Crippen LogP) is 3.54. The average molecular weight is 465 g/mol. The van der Waals surface area contributed by atoms with Gasteiger partial charge in [0, 0.05) is 16.5 Å². The number of halogens is 4. The molecule has 4 aromatic rings. The van der Waals surface area contributed by atoms with Crippen LogP contribution < -0.4 is 5.32 Å². The Morgan fingerprint density at radius 3 is 2.56 bits per heavy atom. The van der Waals surface area contributed by atoms with Crippen LogP contribution in [-0.2, 0) is 6.18 Å². The summed E-state index contributed by atoms with van der Waals surface area (Å²) in [6.07, 6.45) is -1.35. The number of hydrogen-bond donors (Lipinski definition) is 2. The molecule has 0 saturated heterocycles. The quantitative estimate of drug-likeness (QED) is 0.455. The van der Waals surface area contributed by atoms with Crippen molar-refractivity contribution in [2.45, 2.75) is 19.1 Å². The van der Waals surface area contributed by atoms with Gasteiger partial charge in [-0.3, -0.25) is 0 Å². The van der Waals surface area contributed by atoms with Crippen molar-refractivity contribution in [2.75, 3.05) is 5.32 Å². The minimum atomic E-state index is -4.66. The maximum Gasteiger partial charge on any atom is 0.418 e. The van der Waals surface area contributed by atoms with Crippen LogP contribution in [0.3, 0.4) is 0 Å². The number of benzene rings is 1. The van der Waals surface area contributed by atoms with Crippen LogP contribution in [0.4, 0.5) is 19.0 Å². The molecule has 10 nitrogen and oxygen atoms in total. The van der Waals surface area contributed by atoms with Crippen LogP contribution in [0.1, 0.15) is 34.8 Å². The zero-order valence-electron chi connectivity index (χ0n) is 16.0. The van der Waals surface area contributed by atoms with Crippen LogP contribution in [0.5, 0.6) is 0 Å². The minimum absolute atomic E-state index is 0.0699. The predicted molar refractivity (Wildman–Crippen MR) is 105 cm³/mol. The van der Waals surface area contributed by atoms with Crippen LogP contribution >= 0.6 is 11.6 Å². The number of hydrogen-bond acceptors (Lipinski definition) is 8. The van der Waals surface area contributed by atoms with Crippen molar-refractivity contribution in [3.63, 3.8) is 0 Å². The van der Waals surface area contributed by atoms with E-state index < -0.39 is 23.8 Å². The number of nitrogens with one attached hydrogen (secondary N) is 1. The summed E-state index contributed by atoms with van der Waals surface area (Å²) in [6.45, 7) is 1.67. The highest BCUT2D eigenvalue weighted by Gasteiger charge is 2.34. The fraction of sp³-hybridized carbons (Fsp3) is 0.167. The second-order valence-corrected chi connectivity index (χ2v) is 6.97. The lowest BCUT2D eigenvalue weighted by atomic mass is 10.1. The van der Waals surface area contributed by atoms with E-state index in [1.54, 1.807) is 6.92 Å². The maximum atomic E-state index is 13.4. The van der Waals surface area contributed by atoms with E-state index >= 15 is 0 Å². The van der Waals surface area contributed by atoms with E-state index in [0.29, 0.717) is 5.82 Å². The number of carbonyl (C=O) groups is 1. The monoisotopic (exact) mass is 464 g/mol.